The monoisotopic (exact) mass is 381 g/mol. The number of halogens is 4. The lowest BCUT2D eigenvalue weighted by molar-refractivity contribution is -0.141. The number of alkyl halides is 3. The first-order valence-corrected chi connectivity index (χ1v) is 9.14. The molecular formula is C20H23F4N3. The van der Waals surface area contributed by atoms with E-state index in [4.69, 9.17) is 0 Å². The molecule has 3 rings (SSSR count). The van der Waals surface area contributed by atoms with Crippen molar-refractivity contribution in [1.82, 2.24) is 9.88 Å². The summed E-state index contributed by atoms with van der Waals surface area (Å²) in [5, 5.41) is 3.09. The molecule has 3 nitrogen and oxygen atoms in total. The summed E-state index contributed by atoms with van der Waals surface area (Å²) in [4.78, 5) is 6.12. The van der Waals surface area contributed by atoms with E-state index in [1.807, 2.05) is 6.92 Å². The molecule has 7 heteroatoms. The Morgan fingerprint density at radius 1 is 1.07 bits per heavy atom. The first kappa shape index (κ1) is 19.6. The standard InChI is InChI=1S/C20H23F4N3/c1-14(15-4-6-16(21)7-5-15)17-8-9-18(20(22,23)24)26-19(17)25-10-13-27-11-2-3-12-27/h4-9,14H,2-3,10-13H2,1H3,(H,25,26). The summed E-state index contributed by atoms with van der Waals surface area (Å²) >= 11 is 0. The second-order valence-electron chi connectivity index (χ2n) is 6.88. The Morgan fingerprint density at radius 2 is 1.74 bits per heavy atom. The van der Waals surface area contributed by atoms with Gasteiger partial charge in [-0.25, -0.2) is 9.37 Å². The van der Waals surface area contributed by atoms with Crippen LogP contribution in [-0.4, -0.2) is 36.1 Å². The van der Waals surface area contributed by atoms with E-state index >= 15 is 0 Å². The smallest absolute Gasteiger partial charge is 0.369 e. The lowest BCUT2D eigenvalue weighted by atomic mass is 9.93. The van der Waals surface area contributed by atoms with E-state index in [2.05, 4.69) is 15.2 Å². The molecule has 146 valence electrons. The van der Waals surface area contributed by atoms with Crippen LogP contribution in [0.5, 0.6) is 0 Å². The van der Waals surface area contributed by atoms with Crippen LogP contribution in [0.15, 0.2) is 36.4 Å². The average Bonchev–Trinajstić information content (AvgIpc) is 3.14. The van der Waals surface area contributed by atoms with Crippen LogP contribution in [0.25, 0.3) is 0 Å². The Bertz CT molecular complexity index is 753. The van der Waals surface area contributed by atoms with Crippen LogP contribution in [0.3, 0.4) is 0 Å². The number of hydrogen-bond donors (Lipinski definition) is 1. The minimum Gasteiger partial charge on any atom is -0.369 e. The summed E-state index contributed by atoms with van der Waals surface area (Å²) in [6.45, 7) is 5.22. The molecule has 0 aliphatic carbocycles. The molecule has 0 saturated carbocycles. The van der Waals surface area contributed by atoms with Crippen LogP contribution >= 0.6 is 0 Å². The first-order valence-electron chi connectivity index (χ1n) is 9.14. The van der Waals surface area contributed by atoms with Gasteiger partial charge in [0, 0.05) is 24.6 Å². The van der Waals surface area contributed by atoms with Crippen molar-refractivity contribution in [3.63, 3.8) is 0 Å². The largest absolute Gasteiger partial charge is 0.433 e. The van der Waals surface area contributed by atoms with Crippen LogP contribution in [0.2, 0.25) is 0 Å². The highest BCUT2D eigenvalue weighted by Gasteiger charge is 2.33. The first-order chi connectivity index (χ1) is 12.8. The number of likely N-dealkylation sites (tertiary alicyclic amines) is 1. The van der Waals surface area contributed by atoms with Gasteiger partial charge in [-0.15, -0.1) is 0 Å². The molecule has 1 saturated heterocycles. The molecule has 1 unspecified atom stereocenters. The molecule has 27 heavy (non-hydrogen) atoms. The number of rotatable bonds is 6. The fraction of sp³-hybridized carbons (Fsp3) is 0.450. The fourth-order valence-corrected chi connectivity index (χ4v) is 3.39. The molecule has 2 heterocycles. The minimum atomic E-state index is -4.50. The highest BCUT2D eigenvalue weighted by molar-refractivity contribution is 5.50. The van der Waals surface area contributed by atoms with Crippen molar-refractivity contribution in [2.45, 2.75) is 31.9 Å². The van der Waals surface area contributed by atoms with Gasteiger partial charge in [0.25, 0.3) is 0 Å². The third kappa shape index (κ3) is 4.97. The van der Waals surface area contributed by atoms with E-state index in [9.17, 15) is 17.6 Å². The average molecular weight is 381 g/mol. The van der Waals surface area contributed by atoms with Crippen molar-refractivity contribution in [1.29, 1.82) is 0 Å². The van der Waals surface area contributed by atoms with Gasteiger partial charge in [-0.1, -0.05) is 25.1 Å². The topological polar surface area (TPSA) is 28.2 Å². The van der Waals surface area contributed by atoms with Gasteiger partial charge in [-0.3, -0.25) is 0 Å². The molecule has 1 aliphatic heterocycles. The summed E-state index contributed by atoms with van der Waals surface area (Å²) in [6.07, 6.45) is -2.17. The molecule has 1 aromatic carbocycles. The number of pyridine rings is 1. The number of nitrogens with zero attached hydrogens (tertiary/aromatic N) is 2. The molecule has 1 aromatic heterocycles. The van der Waals surface area contributed by atoms with Gasteiger partial charge in [0.05, 0.1) is 0 Å². The Kier molecular flexibility index (Phi) is 5.99. The maximum atomic E-state index is 13.2. The zero-order valence-corrected chi connectivity index (χ0v) is 15.2. The van der Waals surface area contributed by atoms with E-state index in [0.717, 1.165) is 44.1 Å². The SMILES string of the molecule is CC(c1ccc(F)cc1)c1ccc(C(F)(F)F)nc1NCCN1CCCC1. The Balaban J connectivity index is 1.83. The zero-order valence-electron chi connectivity index (χ0n) is 15.2. The van der Waals surface area contributed by atoms with E-state index in [-0.39, 0.29) is 17.6 Å². The number of nitrogens with one attached hydrogen (secondary N) is 1. The quantitative estimate of drug-likeness (QED) is 0.722. The van der Waals surface area contributed by atoms with Gasteiger partial charge in [-0.2, -0.15) is 13.2 Å². The molecule has 1 N–H and O–H groups in total. The maximum absolute atomic E-state index is 13.2. The summed E-state index contributed by atoms with van der Waals surface area (Å²) in [6, 6.07) is 8.45. The Labute approximate surface area is 156 Å². The number of hydrogen-bond acceptors (Lipinski definition) is 3. The van der Waals surface area contributed by atoms with E-state index in [1.165, 1.54) is 18.2 Å². The highest BCUT2D eigenvalue weighted by Crippen LogP contribution is 2.34. The van der Waals surface area contributed by atoms with Crippen LogP contribution in [0.4, 0.5) is 23.4 Å². The van der Waals surface area contributed by atoms with Gasteiger partial charge in [0.15, 0.2) is 0 Å². The van der Waals surface area contributed by atoms with Gasteiger partial charge >= 0.3 is 6.18 Å². The molecule has 1 atom stereocenters. The molecule has 1 fully saturated rings. The van der Waals surface area contributed by atoms with Gasteiger partial charge in [0.1, 0.15) is 17.3 Å². The second kappa shape index (κ2) is 8.25. The van der Waals surface area contributed by atoms with Gasteiger partial charge in [-0.05, 0) is 49.7 Å². The summed E-state index contributed by atoms with van der Waals surface area (Å²) in [5.74, 6) is -0.323. The number of anilines is 1. The molecule has 0 spiro atoms. The lowest BCUT2D eigenvalue weighted by Gasteiger charge is -2.20. The normalized spacial score (nSPS) is 16.5. The molecule has 2 aromatic rings. The maximum Gasteiger partial charge on any atom is 0.433 e. The third-order valence-corrected chi connectivity index (χ3v) is 4.97. The predicted molar refractivity (Wildman–Crippen MR) is 97.3 cm³/mol. The van der Waals surface area contributed by atoms with E-state index in [0.29, 0.717) is 12.1 Å². The highest BCUT2D eigenvalue weighted by atomic mass is 19.4. The summed E-state index contributed by atoms with van der Waals surface area (Å²) in [7, 11) is 0. The molecule has 0 radical (unpaired) electrons. The summed E-state index contributed by atoms with van der Waals surface area (Å²) in [5.41, 5.74) is 0.567. The van der Waals surface area contributed by atoms with Crippen LogP contribution < -0.4 is 5.32 Å². The number of aromatic nitrogens is 1. The summed E-state index contributed by atoms with van der Waals surface area (Å²) < 4.78 is 52.5. The van der Waals surface area contributed by atoms with Crippen LogP contribution in [0.1, 0.15) is 42.5 Å². The van der Waals surface area contributed by atoms with Crippen molar-refractivity contribution in [2.24, 2.45) is 0 Å². The third-order valence-electron chi connectivity index (χ3n) is 4.97. The molecular weight excluding hydrogens is 358 g/mol. The molecule has 0 bridgehead atoms. The van der Waals surface area contributed by atoms with Crippen molar-refractivity contribution in [2.75, 3.05) is 31.5 Å². The molecule has 0 amide bonds. The van der Waals surface area contributed by atoms with Crippen LogP contribution in [-0.2, 0) is 6.18 Å². The fourth-order valence-electron chi connectivity index (χ4n) is 3.39. The van der Waals surface area contributed by atoms with Crippen molar-refractivity contribution >= 4 is 5.82 Å². The Morgan fingerprint density at radius 3 is 2.37 bits per heavy atom. The molecule has 1 aliphatic rings. The van der Waals surface area contributed by atoms with Crippen molar-refractivity contribution in [3.05, 3.63) is 59.0 Å². The Hall–Kier alpha value is -2.15. The van der Waals surface area contributed by atoms with E-state index in [1.54, 1.807) is 12.1 Å². The van der Waals surface area contributed by atoms with E-state index < -0.39 is 11.9 Å². The second-order valence-corrected chi connectivity index (χ2v) is 6.88. The number of benzene rings is 1. The van der Waals surface area contributed by atoms with Crippen molar-refractivity contribution < 1.29 is 17.6 Å². The predicted octanol–water partition coefficient (Wildman–Crippen LogP) is 4.90. The van der Waals surface area contributed by atoms with Gasteiger partial charge < -0.3 is 10.2 Å². The zero-order chi connectivity index (χ0) is 19.4. The minimum absolute atomic E-state index is 0.213. The van der Waals surface area contributed by atoms with Crippen molar-refractivity contribution in [3.8, 4) is 0 Å². The van der Waals surface area contributed by atoms with Crippen LogP contribution in [0, 0.1) is 5.82 Å². The lowest BCUT2D eigenvalue weighted by Crippen LogP contribution is -2.26. The van der Waals surface area contributed by atoms with Gasteiger partial charge in [0.2, 0.25) is 0 Å².